The number of nitrogens with zero attached hydrogens (tertiary/aromatic N) is 4. The summed E-state index contributed by atoms with van der Waals surface area (Å²) in [4.78, 5) is 20.2. The minimum atomic E-state index is -0.0789. The highest BCUT2D eigenvalue weighted by atomic mass is 32.1. The Morgan fingerprint density at radius 2 is 1.86 bits per heavy atom. The molecule has 1 amide bonds. The van der Waals surface area contributed by atoms with Crippen molar-refractivity contribution in [3.05, 3.63) is 76.6 Å². The molecule has 5 nitrogen and oxygen atoms in total. The van der Waals surface area contributed by atoms with Crippen LogP contribution in [0.2, 0.25) is 0 Å². The molecule has 2 aromatic heterocycles. The molecule has 0 aliphatic rings. The molecule has 0 radical (unpaired) electrons. The van der Waals surface area contributed by atoms with Crippen molar-refractivity contribution in [3.63, 3.8) is 0 Å². The highest BCUT2D eigenvalue weighted by Gasteiger charge is 2.25. The van der Waals surface area contributed by atoms with Gasteiger partial charge in [0, 0.05) is 6.54 Å². The summed E-state index contributed by atoms with van der Waals surface area (Å²) < 4.78 is 2.88. The van der Waals surface area contributed by atoms with E-state index in [2.05, 4.69) is 31.1 Å². The molecular formula is C23H24N4OS. The van der Waals surface area contributed by atoms with E-state index in [9.17, 15) is 4.79 Å². The Morgan fingerprint density at radius 3 is 2.59 bits per heavy atom. The first-order valence-electron chi connectivity index (χ1n) is 9.74. The van der Waals surface area contributed by atoms with Crippen molar-refractivity contribution in [1.29, 1.82) is 0 Å². The molecule has 0 saturated heterocycles. The van der Waals surface area contributed by atoms with Crippen LogP contribution in [-0.4, -0.2) is 20.7 Å². The fraction of sp³-hybridized carbons (Fsp3) is 0.261. The number of carbonyl (C=O) groups is 1. The predicted molar refractivity (Wildman–Crippen MR) is 119 cm³/mol. The Hall–Kier alpha value is -2.99. The summed E-state index contributed by atoms with van der Waals surface area (Å²) >= 11 is 1.57. The number of aromatic nitrogens is 3. The van der Waals surface area contributed by atoms with Crippen LogP contribution in [0.1, 0.15) is 39.8 Å². The Labute approximate surface area is 174 Å². The maximum Gasteiger partial charge on any atom is 0.278 e. The van der Waals surface area contributed by atoms with Crippen LogP contribution in [0.4, 0.5) is 5.13 Å². The fourth-order valence-electron chi connectivity index (χ4n) is 3.57. The van der Waals surface area contributed by atoms with Crippen LogP contribution in [0.25, 0.3) is 10.2 Å². The average molecular weight is 405 g/mol. The summed E-state index contributed by atoms with van der Waals surface area (Å²) in [5.74, 6) is -0.0789. The van der Waals surface area contributed by atoms with Crippen molar-refractivity contribution in [2.24, 2.45) is 0 Å². The predicted octanol–water partition coefficient (Wildman–Crippen LogP) is 5.28. The number of anilines is 1. The van der Waals surface area contributed by atoms with Crippen molar-refractivity contribution < 1.29 is 4.79 Å². The summed E-state index contributed by atoms with van der Waals surface area (Å²) in [5, 5.41) is 5.17. The summed E-state index contributed by atoms with van der Waals surface area (Å²) in [5.41, 5.74) is 5.79. The van der Waals surface area contributed by atoms with E-state index in [0.29, 0.717) is 23.9 Å². The smallest absolute Gasteiger partial charge is 0.278 e. The van der Waals surface area contributed by atoms with Crippen molar-refractivity contribution in [1.82, 2.24) is 14.8 Å². The van der Waals surface area contributed by atoms with E-state index in [1.807, 2.05) is 50.2 Å². The largest absolute Gasteiger partial charge is 0.278 e. The molecule has 0 spiro atoms. The maximum atomic E-state index is 13.6. The zero-order valence-electron chi connectivity index (χ0n) is 17.1. The van der Waals surface area contributed by atoms with Gasteiger partial charge in [0.2, 0.25) is 0 Å². The Balaban J connectivity index is 1.82. The van der Waals surface area contributed by atoms with E-state index in [-0.39, 0.29) is 5.91 Å². The molecule has 0 bridgehead atoms. The third kappa shape index (κ3) is 3.80. The lowest BCUT2D eigenvalue weighted by Crippen LogP contribution is -2.32. The molecule has 0 aliphatic heterocycles. The first kappa shape index (κ1) is 19.3. The molecule has 0 N–H and O–H groups in total. The second-order valence-corrected chi connectivity index (χ2v) is 8.27. The maximum absolute atomic E-state index is 13.6. The second-order valence-electron chi connectivity index (χ2n) is 7.29. The van der Waals surface area contributed by atoms with E-state index in [4.69, 9.17) is 4.98 Å². The first-order chi connectivity index (χ1) is 14.0. The molecule has 0 atom stereocenters. The Bertz CT molecular complexity index is 1180. The summed E-state index contributed by atoms with van der Waals surface area (Å²) in [7, 11) is 0. The molecule has 4 rings (SSSR count). The van der Waals surface area contributed by atoms with Gasteiger partial charge in [-0.2, -0.15) is 5.10 Å². The van der Waals surface area contributed by atoms with E-state index < -0.39 is 0 Å². The van der Waals surface area contributed by atoms with Crippen molar-refractivity contribution in [3.8, 4) is 0 Å². The molecule has 0 fully saturated rings. The Kier molecular flexibility index (Phi) is 5.20. The minimum Gasteiger partial charge on any atom is -0.278 e. The van der Waals surface area contributed by atoms with Gasteiger partial charge in [-0.05, 0) is 56.5 Å². The van der Waals surface area contributed by atoms with Crippen LogP contribution in [-0.2, 0) is 13.1 Å². The lowest BCUT2D eigenvalue weighted by molar-refractivity contribution is 0.0975. The molecule has 0 unspecified atom stereocenters. The van der Waals surface area contributed by atoms with Crippen molar-refractivity contribution in [2.45, 2.75) is 40.8 Å². The van der Waals surface area contributed by atoms with Gasteiger partial charge in [-0.1, -0.05) is 47.7 Å². The second kappa shape index (κ2) is 7.79. The minimum absolute atomic E-state index is 0.0789. The number of benzene rings is 2. The standard InChI is InChI=1S/C23H24N4OS/c1-5-27-20(13-17(4)25-27)22(28)26(14-18-9-7-6-8-10-18)23-24-19-12-15(2)11-16(3)21(19)29-23/h6-13H,5,14H2,1-4H3. The van der Waals surface area contributed by atoms with E-state index in [1.54, 1.807) is 20.9 Å². The van der Waals surface area contributed by atoms with Crippen molar-refractivity contribution >= 4 is 32.6 Å². The lowest BCUT2D eigenvalue weighted by atomic mass is 10.1. The van der Waals surface area contributed by atoms with Gasteiger partial charge in [-0.3, -0.25) is 14.4 Å². The van der Waals surface area contributed by atoms with Crippen LogP contribution in [0.3, 0.4) is 0 Å². The fourth-order valence-corrected chi connectivity index (χ4v) is 4.58. The number of amides is 1. The molecule has 29 heavy (non-hydrogen) atoms. The normalized spacial score (nSPS) is 11.2. The number of carbonyl (C=O) groups excluding carboxylic acids is 1. The van der Waals surface area contributed by atoms with Crippen LogP contribution < -0.4 is 4.90 Å². The van der Waals surface area contributed by atoms with E-state index in [1.165, 1.54) is 11.1 Å². The van der Waals surface area contributed by atoms with Crippen LogP contribution in [0.5, 0.6) is 0 Å². The van der Waals surface area contributed by atoms with Crippen LogP contribution >= 0.6 is 11.3 Å². The van der Waals surface area contributed by atoms with Gasteiger partial charge in [0.05, 0.1) is 22.5 Å². The number of hydrogen-bond donors (Lipinski definition) is 0. The van der Waals surface area contributed by atoms with Gasteiger partial charge in [-0.15, -0.1) is 0 Å². The third-order valence-corrected chi connectivity index (χ3v) is 6.12. The summed E-state index contributed by atoms with van der Waals surface area (Å²) in [6.07, 6.45) is 0. The van der Waals surface area contributed by atoms with Gasteiger partial charge in [-0.25, -0.2) is 4.98 Å². The molecule has 6 heteroatoms. The van der Waals surface area contributed by atoms with Crippen molar-refractivity contribution in [2.75, 3.05) is 4.90 Å². The number of hydrogen-bond acceptors (Lipinski definition) is 4. The molecule has 0 aliphatic carbocycles. The van der Waals surface area contributed by atoms with E-state index in [0.717, 1.165) is 21.5 Å². The highest BCUT2D eigenvalue weighted by molar-refractivity contribution is 7.22. The Morgan fingerprint density at radius 1 is 1.10 bits per heavy atom. The summed E-state index contributed by atoms with van der Waals surface area (Å²) in [6, 6.07) is 16.1. The zero-order valence-corrected chi connectivity index (χ0v) is 18.0. The molecular weight excluding hydrogens is 380 g/mol. The molecule has 2 aromatic carbocycles. The van der Waals surface area contributed by atoms with Crippen LogP contribution in [0, 0.1) is 20.8 Å². The van der Waals surface area contributed by atoms with Gasteiger partial charge in [0.25, 0.3) is 5.91 Å². The number of rotatable bonds is 5. The van der Waals surface area contributed by atoms with Gasteiger partial charge >= 0.3 is 0 Å². The third-order valence-electron chi connectivity index (χ3n) is 4.89. The average Bonchev–Trinajstić information content (AvgIpc) is 3.29. The zero-order chi connectivity index (χ0) is 20.5. The molecule has 2 heterocycles. The van der Waals surface area contributed by atoms with Gasteiger partial charge in [0.1, 0.15) is 5.69 Å². The van der Waals surface area contributed by atoms with Gasteiger partial charge < -0.3 is 0 Å². The topological polar surface area (TPSA) is 51.0 Å². The van der Waals surface area contributed by atoms with Crippen LogP contribution in [0.15, 0.2) is 48.5 Å². The highest BCUT2D eigenvalue weighted by Crippen LogP contribution is 2.33. The van der Waals surface area contributed by atoms with Gasteiger partial charge in [0.15, 0.2) is 5.13 Å². The first-order valence-corrected chi connectivity index (χ1v) is 10.6. The molecule has 0 saturated carbocycles. The monoisotopic (exact) mass is 404 g/mol. The lowest BCUT2D eigenvalue weighted by Gasteiger charge is -2.20. The summed E-state index contributed by atoms with van der Waals surface area (Å²) in [6.45, 7) is 9.18. The quantitative estimate of drug-likeness (QED) is 0.454. The number of aryl methyl sites for hydroxylation is 4. The molecule has 148 valence electrons. The van der Waals surface area contributed by atoms with E-state index >= 15 is 0 Å². The SMILES string of the molecule is CCn1nc(C)cc1C(=O)N(Cc1ccccc1)c1nc2cc(C)cc(C)c2s1. The number of thiazole rings is 1. The molecule has 4 aromatic rings. The number of fused-ring (bicyclic) bond motifs is 1.